The molecule has 2 heteroatoms. The van der Waals surface area contributed by atoms with E-state index in [0.29, 0.717) is 0 Å². The fourth-order valence-corrected chi connectivity index (χ4v) is 3.94. The Morgan fingerprint density at radius 3 is 2.78 bits per heavy atom. The predicted octanol–water partition coefficient (Wildman–Crippen LogP) is 4.10. The van der Waals surface area contributed by atoms with Crippen LogP contribution in [-0.2, 0) is 12.0 Å². The van der Waals surface area contributed by atoms with E-state index >= 15 is 0 Å². The predicted molar refractivity (Wildman–Crippen MR) is 79.2 cm³/mol. The Labute approximate surface area is 113 Å². The first-order valence-corrected chi connectivity index (χ1v) is 7.29. The highest BCUT2D eigenvalue weighted by atomic mass is 32.1. The Morgan fingerprint density at radius 1 is 1.22 bits per heavy atom. The average molecular weight is 257 g/mol. The van der Waals surface area contributed by atoms with Crippen LogP contribution in [0.25, 0.3) is 10.4 Å². The van der Waals surface area contributed by atoms with Gasteiger partial charge in [-0.2, -0.15) is 0 Å². The van der Waals surface area contributed by atoms with Crippen molar-refractivity contribution in [2.75, 3.05) is 6.54 Å². The van der Waals surface area contributed by atoms with Crippen LogP contribution in [0, 0.1) is 6.92 Å². The first-order chi connectivity index (χ1) is 8.56. The van der Waals surface area contributed by atoms with Crippen LogP contribution in [0.1, 0.15) is 29.9 Å². The Balaban J connectivity index is 2.08. The van der Waals surface area contributed by atoms with Gasteiger partial charge in [0.2, 0.25) is 0 Å². The molecule has 0 unspecified atom stereocenters. The molecule has 1 aromatic carbocycles. The van der Waals surface area contributed by atoms with Crippen molar-refractivity contribution in [2.24, 2.45) is 0 Å². The van der Waals surface area contributed by atoms with Crippen molar-refractivity contribution >= 4 is 11.3 Å². The summed E-state index contributed by atoms with van der Waals surface area (Å²) in [5.74, 6) is 0. The topological polar surface area (TPSA) is 12.0 Å². The largest absolute Gasteiger partial charge is 0.312 e. The van der Waals surface area contributed by atoms with E-state index < -0.39 is 0 Å². The molecule has 1 N–H and O–H groups in total. The summed E-state index contributed by atoms with van der Waals surface area (Å²) < 4.78 is 0. The molecule has 0 spiro atoms. The third-order valence-corrected chi connectivity index (χ3v) is 5.20. The van der Waals surface area contributed by atoms with Gasteiger partial charge < -0.3 is 5.32 Å². The molecule has 18 heavy (non-hydrogen) atoms. The van der Waals surface area contributed by atoms with Crippen molar-refractivity contribution < 1.29 is 0 Å². The molecule has 0 saturated heterocycles. The van der Waals surface area contributed by atoms with Crippen LogP contribution >= 0.6 is 11.3 Å². The van der Waals surface area contributed by atoms with Crippen LogP contribution in [0.4, 0.5) is 0 Å². The summed E-state index contributed by atoms with van der Waals surface area (Å²) in [4.78, 5) is 2.96. The van der Waals surface area contributed by atoms with Gasteiger partial charge in [0.15, 0.2) is 0 Å². The number of nitrogens with one attached hydrogen (secondary N) is 1. The molecule has 2 aromatic rings. The molecule has 1 aliphatic rings. The first kappa shape index (κ1) is 11.9. The Bertz CT molecular complexity index is 581. The van der Waals surface area contributed by atoms with E-state index in [1.54, 1.807) is 4.88 Å². The molecule has 1 aliphatic heterocycles. The molecule has 3 rings (SSSR count). The van der Waals surface area contributed by atoms with Crippen LogP contribution in [0.3, 0.4) is 0 Å². The van der Waals surface area contributed by atoms with Crippen LogP contribution in [0.15, 0.2) is 30.3 Å². The Kier molecular flexibility index (Phi) is 2.80. The lowest BCUT2D eigenvalue weighted by atomic mass is 9.86. The maximum absolute atomic E-state index is 3.51. The smallest absolute Gasteiger partial charge is 0.0349 e. The second-order valence-electron chi connectivity index (χ2n) is 5.82. The molecular formula is C16H19NS. The number of aryl methyl sites for hydroxylation is 1. The zero-order valence-corrected chi connectivity index (χ0v) is 12.0. The number of fused-ring (bicyclic) bond motifs is 1. The number of rotatable bonds is 1. The van der Waals surface area contributed by atoms with Gasteiger partial charge in [-0.3, -0.25) is 0 Å². The minimum atomic E-state index is 0.264. The van der Waals surface area contributed by atoms with E-state index in [-0.39, 0.29) is 5.41 Å². The van der Waals surface area contributed by atoms with Crippen molar-refractivity contribution in [3.8, 4) is 10.4 Å². The summed E-state index contributed by atoms with van der Waals surface area (Å²) in [6.45, 7) is 8.90. The monoisotopic (exact) mass is 257 g/mol. The summed E-state index contributed by atoms with van der Waals surface area (Å²) >= 11 is 1.96. The number of thiophene rings is 1. The lowest BCUT2D eigenvalue weighted by Crippen LogP contribution is -2.37. The lowest BCUT2D eigenvalue weighted by molar-refractivity contribution is 0.445. The third-order valence-electron chi connectivity index (χ3n) is 3.61. The third kappa shape index (κ3) is 2.00. The summed E-state index contributed by atoms with van der Waals surface area (Å²) in [7, 11) is 0. The van der Waals surface area contributed by atoms with Gasteiger partial charge >= 0.3 is 0 Å². The fourth-order valence-electron chi connectivity index (χ4n) is 2.66. The molecule has 0 amide bonds. The van der Waals surface area contributed by atoms with Gasteiger partial charge in [0.1, 0.15) is 0 Å². The molecule has 2 heterocycles. The zero-order chi connectivity index (χ0) is 12.8. The minimum absolute atomic E-state index is 0.264. The van der Waals surface area contributed by atoms with Gasteiger partial charge in [-0.05, 0) is 24.1 Å². The highest BCUT2D eigenvalue weighted by Crippen LogP contribution is 2.40. The first-order valence-electron chi connectivity index (χ1n) is 6.47. The van der Waals surface area contributed by atoms with Gasteiger partial charge in [-0.15, -0.1) is 11.3 Å². The van der Waals surface area contributed by atoms with Crippen LogP contribution in [-0.4, -0.2) is 6.54 Å². The maximum Gasteiger partial charge on any atom is 0.0349 e. The molecule has 0 aliphatic carbocycles. The maximum atomic E-state index is 3.51. The van der Waals surface area contributed by atoms with Crippen molar-refractivity contribution in [1.29, 1.82) is 0 Å². The van der Waals surface area contributed by atoms with E-state index in [9.17, 15) is 0 Å². The highest BCUT2D eigenvalue weighted by molar-refractivity contribution is 7.15. The van der Waals surface area contributed by atoms with E-state index in [1.807, 2.05) is 11.3 Å². The Hall–Kier alpha value is -1.12. The normalized spacial score (nSPS) is 17.5. The van der Waals surface area contributed by atoms with Gasteiger partial charge in [-0.25, -0.2) is 0 Å². The van der Waals surface area contributed by atoms with Crippen molar-refractivity contribution in [3.63, 3.8) is 0 Å². The zero-order valence-electron chi connectivity index (χ0n) is 11.2. The summed E-state index contributed by atoms with van der Waals surface area (Å²) in [6, 6.07) is 11.2. The van der Waals surface area contributed by atoms with Crippen LogP contribution in [0.2, 0.25) is 0 Å². The minimum Gasteiger partial charge on any atom is -0.312 e. The van der Waals surface area contributed by atoms with Gasteiger partial charge in [0, 0.05) is 28.3 Å². The SMILES string of the molecule is Cc1cccc(-c2cc3c(s2)C(C)(C)CNC3)c1. The quantitative estimate of drug-likeness (QED) is 0.811. The molecule has 0 fully saturated rings. The van der Waals surface area contributed by atoms with Crippen LogP contribution in [0.5, 0.6) is 0 Å². The molecule has 0 atom stereocenters. The fraction of sp³-hybridized carbons (Fsp3) is 0.375. The summed E-state index contributed by atoms with van der Waals surface area (Å²) in [6.07, 6.45) is 0. The molecule has 0 bridgehead atoms. The van der Waals surface area contributed by atoms with Gasteiger partial charge in [0.25, 0.3) is 0 Å². The second kappa shape index (κ2) is 4.22. The van der Waals surface area contributed by atoms with Crippen molar-refractivity contribution in [3.05, 3.63) is 46.3 Å². The Morgan fingerprint density at radius 2 is 2.06 bits per heavy atom. The van der Waals surface area contributed by atoms with E-state index in [0.717, 1.165) is 13.1 Å². The average Bonchev–Trinajstić information content (AvgIpc) is 2.74. The van der Waals surface area contributed by atoms with Crippen molar-refractivity contribution in [1.82, 2.24) is 5.32 Å². The number of benzene rings is 1. The summed E-state index contributed by atoms with van der Waals surface area (Å²) in [5.41, 5.74) is 4.43. The number of hydrogen-bond donors (Lipinski definition) is 1. The second-order valence-corrected chi connectivity index (χ2v) is 6.87. The summed E-state index contributed by atoms with van der Waals surface area (Å²) in [5, 5.41) is 3.51. The van der Waals surface area contributed by atoms with Gasteiger partial charge in [-0.1, -0.05) is 43.7 Å². The number of hydrogen-bond acceptors (Lipinski definition) is 2. The molecule has 94 valence electrons. The van der Waals surface area contributed by atoms with Crippen molar-refractivity contribution in [2.45, 2.75) is 32.7 Å². The van der Waals surface area contributed by atoms with E-state index in [1.165, 1.54) is 21.6 Å². The van der Waals surface area contributed by atoms with E-state index in [4.69, 9.17) is 0 Å². The molecule has 0 saturated carbocycles. The van der Waals surface area contributed by atoms with Gasteiger partial charge in [0.05, 0.1) is 0 Å². The molecular weight excluding hydrogens is 238 g/mol. The molecule has 1 aromatic heterocycles. The standard InChI is InChI=1S/C16H19NS/c1-11-5-4-6-12(7-11)14-8-13-9-17-10-16(2,3)15(13)18-14/h4-8,17H,9-10H2,1-3H3. The molecule has 1 nitrogen and oxygen atoms in total. The van der Waals surface area contributed by atoms with Crippen LogP contribution < -0.4 is 5.32 Å². The highest BCUT2D eigenvalue weighted by Gasteiger charge is 2.29. The van der Waals surface area contributed by atoms with E-state index in [2.05, 4.69) is 56.4 Å². The lowest BCUT2D eigenvalue weighted by Gasteiger charge is -2.30. The molecule has 0 radical (unpaired) electrons.